The molecule has 0 unspecified atom stereocenters. The average Bonchev–Trinajstić information content (AvgIpc) is 1.79. The van der Waals surface area contributed by atoms with E-state index in [1.54, 1.807) is 0 Å². The van der Waals surface area contributed by atoms with Gasteiger partial charge in [0.25, 0.3) is 0 Å². The first-order valence-electron chi connectivity index (χ1n) is 3.81. The van der Waals surface area contributed by atoms with Gasteiger partial charge in [-0.15, -0.1) is 0 Å². The van der Waals surface area contributed by atoms with Gasteiger partial charge >= 0.3 is 12.1 Å². The van der Waals surface area contributed by atoms with Crippen LogP contribution in [0.25, 0.3) is 0 Å². The number of carboxylic acids is 1. The topological polar surface area (TPSA) is 63.3 Å². The van der Waals surface area contributed by atoms with E-state index in [-0.39, 0.29) is 12.8 Å². The molecule has 0 aromatic rings. The molecule has 13 heavy (non-hydrogen) atoms. The highest BCUT2D eigenvalue weighted by Gasteiger charge is 2.54. The first kappa shape index (κ1) is 10.3. The zero-order valence-corrected chi connectivity index (χ0v) is 6.77. The van der Waals surface area contributed by atoms with E-state index in [2.05, 4.69) is 0 Å². The van der Waals surface area contributed by atoms with Gasteiger partial charge in [0, 0.05) is 6.04 Å². The Morgan fingerprint density at radius 3 is 2.23 bits per heavy atom. The van der Waals surface area contributed by atoms with Gasteiger partial charge < -0.3 is 10.8 Å². The Labute approximate surface area is 72.7 Å². The van der Waals surface area contributed by atoms with Crippen LogP contribution in [0.5, 0.6) is 0 Å². The molecule has 0 radical (unpaired) electrons. The van der Waals surface area contributed by atoms with E-state index in [1.165, 1.54) is 0 Å². The minimum Gasteiger partial charge on any atom is -0.481 e. The number of carbonyl (C=O) groups is 1. The quantitative estimate of drug-likeness (QED) is 0.697. The third-order valence-corrected chi connectivity index (χ3v) is 2.30. The average molecular weight is 197 g/mol. The lowest BCUT2D eigenvalue weighted by atomic mass is 9.63. The number of aliphatic carboxylic acids is 1. The predicted molar refractivity (Wildman–Crippen MR) is 38.0 cm³/mol. The van der Waals surface area contributed by atoms with Crippen LogP contribution in [0.1, 0.15) is 19.3 Å². The Balaban J connectivity index is 2.66. The molecule has 1 rings (SSSR count). The van der Waals surface area contributed by atoms with Gasteiger partial charge in [-0.05, 0) is 12.8 Å². The molecule has 3 N–H and O–H groups in total. The van der Waals surface area contributed by atoms with Crippen LogP contribution >= 0.6 is 0 Å². The molecule has 3 nitrogen and oxygen atoms in total. The lowest BCUT2D eigenvalue weighted by molar-refractivity contribution is -0.190. The summed E-state index contributed by atoms with van der Waals surface area (Å²) < 4.78 is 35.9. The van der Waals surface area contributed by atoms with Crippen LogP contribution in [-0.4, -0.2) is 23.3 Å². The number of halogens is 3. The summed E-state index contributed by atoms with van der Waals surface area (Å²) in [6, 6.07) is -0.404. The molecule has 1 aliphatic rings. The summed E-state index contributed by atoms with van der Waals surface area (Å²) in [7, 11) is 0. The summed E-state index contributed by atoms with van der Waals surface area (Å²) in [4.78, 5) is 10.6. The molecule has 0 atom stereocenters. The summed E-state index contributed by atoms with van der Waals surface area (Å²) in [6.07, 6.45) is -5.87. The molecule has 76 valence electrons. The Hall–Kier alpha value is -0.780. The fourth-order valence-corrected chi connectivity index (χ4v) is 1.72. The Morgan fingerprint density at radius 1 is 1.54 bits per heavy atom. The first-order valence-corrected chi connectivity index (χ1v) is 3.81. The summed E-state index contributed by atoms with van der Waals surface area (Å²) in [5.41, 5.74) is 3.62. The standard InChI is InChI=1S/C7H10F3NO2/c8-7(9,10)3-6(5(12)13)1-4(11)2-6/h4H,1-3,11H2,(H,12,13). The minimum atomic E-state index is -4.43. The molecule has 0 amide bonds. The Kier molecular flexibility index (Phi) is 2.27. The van der Waals surface area contributed by atoms with Gasteiger partial charge in [-0.1, -0.05) is 0 Å². The molecule has 1 saturated carbocycles. The molecule has 0 aliphatic heterocycles. The molecule has 0 bridgehead atoms. The number of carboxylic acid groups (broad SMARTS) is 1. The SMILES string of the molecule is NC1CC(CC(F)(F)F)(C(=O)O)C1. The lowest BCUT2D eigenvalue weighted by Gasteiger charge is -2.42. The van der Waals surface area contributed by atoms with Crippen molar-refractivity contribution in [3.63, 3.8) is 0 Å². The van der Waals surface area contributed by atoms with Crippen LogP contribution in [0.2, 0.25) is 0 Å². The van der Waals surface area contributed by atoms with Crippen molar-refractivity contribution in [3.05, 3.63) is 0 Å². The summed E-state index contributed by atoms with van der Waals surface area (Å²) in [5, 5.41) is 8.61. The van der Waals surface area contributed by atoms with Crippen LogP contribution in [-0.2, 0) is 4.79 Å². The molecule has 0 aromatic carbocycles. The van der Waals surface area contributed by atoms with E-state index in [9.17, 15) is 18.0 Å². The van der Waals surface area contributed by atoms with E-state index in [1.807, 2.05) is 0 Å². The first-order chi connectivity index (χ1) is 5.75. The van der Waals surface area contributed by atoms with Gasteiger partial charge in [-0.3, -0.25) is 4.79 Å². The van der Waals surface area contributed by atoms with Crippen LogP contribution in [0.4, 0.5) is 13.2 Å². The van der Waals surface area contributed by atoms with E-state index in [4.69, 9.17) is 10.8 Å². The molecular weight excluding hydrogens is 187 g/mol. The lowest BCUT2D eigenvalue weighted by Crippen LogP contribution is -2.52. The molecule has 0 heterocycles. The molecule has 1 aliphatic carbocycles. The zero-order valence-electron chi connectivity index (χ0n) is 6.77. The van der Waals surface area contributed by atoms with Gasteiger partial charge in [0.1, 0.15) is 0 Å². The molecule has 0 aromatic heterocycles. The van der Waals surface area contributed by atoms with Crippen LogP contribution < -0.4 is 5.73 Å². The third-order valence-electron chi connectivity index (χ3n) is 2.30. The fraction of sp³-hybridized carbons (Fsp3) is 0.857. The van der Waals surface area contributed by atoms with Crippen molar-refractivity contribution in [2.45, 2.75) is 31.5 Å². The van der Waals surface area contributed by atoms with Crippen LogP contribution in [0.3, 0.4) is 0 Å². The highest BCUT2D eigenvalue weighted by Crippen LogP contribution is 2.48. The predicted octanol–water partition coefficient (Wildman–Crippen LogP) is 1.13. The maximum Gasteiger partial charge on any atom is 0.390 e. The fourth-order valence-electron chi connectivity index (χ4n) is 1.72. The number of hydrogen-bond donors (Lipinski definition) is 2. The van der Waals surface area contributed by atoms with Gasteiger partial charge in [-0.2, -0.15) is 13.2 Å². The number of rotatable bonds is 2. The van der Waals surface area contributed by atoms with Gasteiger partial charge in [0.2, 0.25) is 0 Å². The highest BCUT2D eigenvalue weighted by atomic mass is 19.4. The van der Waals surface area contributed by atoms with Gasteiger partial charge in [0.05, 0.1) is 11.8 Å². The van der Waals surface area contributed by atoms with Crippen molar-refractivity contribution in [1.29, 1.82) is 0 Å². The molecular formula is C7H10F3NO2. The normalized spacial score (nSPS) is 34.0. The summed E-state index contributed by atoms with van der Waals surface area (Å²) in [6.45, 7) is 0. The van der Waals surface area contributed by atoms with Crippen molar-refractivity contribution >= 4 is 5.97 Å². The second-order valence-corrected chi connectivity index (χ2v) is 3.55. The van der Waals surface area contributed by atoms with Gasteiger partial charge in [-0.25, -0.2) is 0 Å². The zero-order chi connectivity index (χ0) is 10.3. The Bertz CT molecular complexity index is 220. The number of nitrogens with two attached hydrogens (primary N) is 1. The Morgan fingerprint density at radius 2 is 2.00 bits per heavy atom. The summed E-state index contributed by atoms with van der Waals surface area (Å²) >= 11 is 0. The highest BCUT2D eigenvalue weighted by molar-refractivity contribution is 5.76. The third kappa shape index (κ3) is 2.12. The smallest absolute Gasteiger partial charge is 0.390 e. The van der Waals surface area contributed by atoms with Crippen LogP contribution in [0, 0.1) is 5.41 Å². The molecule has 0 saturated heterocycles. The second kappa shape index (κ2) is 2.87. The monoisotopic (exact) mass is 197 g/mol. The maximum absolute atomic E-state index is 12.0. The number of hydrogen-bond acceptors (Lipinski definition) is 2. The summed E-state index contributed by atoms with van der Waals surface area (Å²) in [5.74, 6) is -1.40. The van der Waals surface area contributed by atoms with Crippen molar-refractivity contribution in [2.75, 3.05) is 0 Å². The second-order valence-electron chi connectivity index (χ2n) is 3.55. The van der Waals surface area contributed by atoms with E-state index in [0.29, 0.717) is 0 Å². The van der Waals surface area contributed by atoms with Crippen molar-refractivity contribution < 1.29 is 23.1 Å². The maximum atomic E-state index is 12.0. The molecule has 0 spiro atoms. The van der Waals surface area contributed by atoms with E-state index in [0.717, 1.165) is 0 Å². The van der Waals surface area contributed by atoms with Crippen molar-refractivity contribution in [2.24, 2.45) is 11.1 Å². The minimum absolute atomic E-state index is 0.0815. The largest absolute Gasteiger partial charge is 0.481 e. The van der Waals surface area contributed by atoms with Gasteiger partial charge in [0.15, 0.2) is 0 Å². The van der Waals surface area contributed by atoms with E-state index < -0.39 is 30.0 Å². The molecule has 6 heteroatoms. The molecule has 1 fully saturated rings. The number of alkyl halides is 3. The van der Waals surface area contributed by atoms with Crippen LogP contribution in [0.15, 0.2) is 0 Å². The van der Waals surface area contributed by atoms with Crippen molar-refractivity contribution in [1.82, 2.24) is 0 Å². The van der Waals surface area contributed by atoms with E-state index >= 15 is 0 Å². The van der Waals surface area contributed by atoms with Crippen molar-refractivity contribution in [3.8, 4) is 0 Å².